The molecule has 0 saturated heterocycles. The predicted octanol–water partition coefficient (Wildman–Crippen LogP) is 4.10. The number of para-hydroxylation sites is 2. The lowest BCUT2D eigenvalue weighted by atomic mass is 10.2. The summed E-state index contributed by atoms with van der Waals surface area (Å²) in [4.78, 5) is 24.1. The van der Waals surface area contributed by atoms with Crippen molar-refractivity contribution in [2.45, 2.75) is 19.4 Å². The average molecular weight is 445 g/mol. The lowest BCUT2D eigenvalue weighted by Crippen LogP contribution is -2.26. The molecule has 2 amide bonds. The third kappa shape index (κ3) is 5.83. The monoisotopic (exact) mass is 445 g/mol. The second-order valence-electron chi connectivity index (χ2n) is 6.99. The standard InChI is InChI=1S/C24H23N5O4/c1-33-20-11-5-2-8-17(20)12-13-21(30)26-16-22(31)27-28-23-18-9-3-4-10-19(18)29(24(23)32)15-7-6-14-25/h2-5,8-13,32H,6-7,15-16H2,1H3,(H,26,30)/b13-12+,28-27?. The number of nitrogens with zero attached hydrogens (tertiary/aromatic N) is 4. The molecule has 168 valence electrons. The Morgan fingerprint density at radius 1 is 1.21 bits per heavy atom. The Labute approximate surface area is 190 Å². The molecular weight excluding hydrogens is 422 g/mol. The third-order valence-corrected chi connectivity index (χ3v) is 4.82. The van der Waals surface area contributed by atoms with E-state index in [9.17, 15) is 14.7 Å². The van der Waals surface area contributed by atoms with Gasteiger partial charge in [0, 0.05) is 30.0 Å². The molecule has 0 aliphatic heterocycles. The number of carbonyl (C=O) groups excluding carboxylic acids is 2. The highest BCUT2D eigenvalue weighted by atomic mass is 16.5. The summed E-state index contributed by atoms with van der Waals surface area (Å²) in [5.74, 6) is -0.649. The molecule has 0 saturated carbocycles. The maximum Gasteiger partial charge on any atom is 0.283 e. The number of hydrogen-bond donors (Lipinski definition) is 2. The van der Waals surface area contributed by atoms with Gasteiger partial charge in [-0.15, -0.1) is 10.2 Å². The van der Waals surface area contributed by atoms with Crippen LogP contribution in [-0.2, 0) is 16.1 Å². The molecule has 0 bridgehead atoms. The molecule has 0 atom stereocenters. The second-order valence-corrected chi connectivity index (χ2v) is 6.99. The maximum absolute atomic E-state index is 12.1. The Kier molecular flexibility index (Phi) is 7.91. The molecule has 1 aromatic heterocycles. The van der Waals surface area contributed by atoms with Gasteiger partial charge >= 0.3 is 0 Å². The Bertz CT molecular complexity index is 1250. The number of aromatic nitrogens is 1. The van der Waals surface area contributed by atoms with Crippen LogP contribution in [0.3, 0.4) is 0 Å². The van der Waals surface area contributed by atoms with Gasteiger partial charge < -0.3 is 19.7 Å². The van der Waals surface area contributed by atoms with Crippen LogP contribution in [0.15, 0.2) is 64.8 Å². The smallest absolute Gasteiger partial charge is 0.283 e. The van der Waals surface area contributed by atoms with Gasteiger partial charge in [-0.25, -0.2) is 0 Å². The number of azo groups is 1. The van der Waals surface area contributed by atoms with Crippen molar-refractivity contribution in [2.24, 2.45) is 10.2 Å². The fourth-order valence-electron chi connectivity index (χ4n) is 3.25. The van der Waals surface area contributed by atoms with Crippen molar-refractivity contribution >= 4 is 34.5 Å². The van der Waals surface area contributed by atoms with Gasteiger partial charge in [0.15, 0.2) is 5.69 Å². The van der Waals surface area contributed by atoms with Gasteiger partial charge in [0.2, 0.25) is 11.8 Å². The summed E-state index contributed by atoms with van der Waals surface area (Å²) in [5, 5.41) is 30.0. The minimum absolute atomic E-state index is 0.130. The molecule has 2 aromatic carbocycles. The van der Waals surface area contributed by atoms with Crippen molar-refractivity contribution in [2.75, 3.05) is 13.7 Å². The fraction of sp³-hybridized carbons (Fsp3) is 0.208. The first-order chi connectivity index (χ1) is 16.0. The molecule has 3 rings (SSSR count). The van der Waals surface area contributed by atoms with Crippen LogP contribution in [-0.4, -0.2) is 35.1 Å². The van der Waals surface area contributed by atoms with Gasteiger partial charge in [0.1, 0.15) is 12.3 Å². The van der Waals surface area contributed by atoms with Gasteiger partial charge in [-0.3, -0.25) is 9.59 Å². The molecule has 0 spiro atoms. The highest BCUT2D eigenvalue weighted by molar-refractivity contribution is 5.96. The van der Waals surface area contributed by atoms with E-state index < -0.39 is 11.8 Å². The van der Waals surface area contributed by atoms with E-state index >= 15 is 0 Å². The zero-order valence-electron chi connectivity index (χ0n) is 18.1. The van der Waals surface area contributed by atoms with E-state index in [1.54, 1.807) is 34.9 Å². The Balaban J connectivity index is 1.65. The van der Waals surface area contributed by atoms with Crippen LogP contribution < -0.4 is 10.1 Å². The van der Waals surface area contributed by atoms with Crippen LogP contribution in [0.25, 0.3) is 17.0 Å². The highest BCUT2D eigenvalue weighted by Gasteiger charge is 2.16. The molecule has 0 aliphatic rings. The first kappa shape index (κ1) is 23.2. The first-order valence-electron chi connectivity index (χ1n) is 10.3. The largest absolute Gasteiger partial charge is 0.496 e. The van der Waals surface area contributed by atoms with Crippen molar-refractivity contribution in [3.63, 3.8) is 0 Å². The number of rotatable bonds is 9. The average Bonchev–Trinajstić information content (AvgIpc) is 3.11. The van der Waals surface area contributed by atoms with Crippen molar-refractivity contribution in [1.29, 1.82) is 5.26 Å². The highest BCUT2D eigenvalue weighted by Crippen LogP contribution is 2.38. The van der Waals surface area contributed by atoms with E-state index in [-0.39, 0.29) is 18.1 Å². The van der Waals surface area contributed by atoms with Crippen LogP contribution in [0.1, 0.15) is 18.4 Å². The minimum Gasteiger partial charge on any atom is -0.496 e. The number of methoxy groups -OCH3 is 1. The number of nitriles is 1. The summed E-state index contributed by atoms with van der Waals surface area (Å²) in [5.41, 5.74) is 1.62. The van der Waals surface area contributed by atoms with Crippen molar-refractivity contribution in [3.8, 4) is 17.7 Å². The quantitative estimate of drug-likeness (QED) is 0.291. The van der Waals surface area contributed by atoms with E-state index in [2.05, 4.69) is 21.6 Å². The summed E-state index contributed by atoms with van der Waals surface area (Å²) < 4.78 is 6.85. The topological polar surface area (TPSA) is 129 Å². The van der Waals surface area contributed by atoms with Gasteiger partial charge in [-0.05, 0) is 24.6 Å². The number of unbranched alkanes of at least 4 members (excludes halogenated alkanes) is 1. The molecule has 9 heteroatoms. The van der Waals surface area contributed by atoms with Crippen LogP contribution >= 0.6 is 0 Å². The molecule has 0 fully saturated rings. The molecule has 2 N–H and O–H groups in total. The Morgan fingerprint density at radius 2 is 1.97 bits per heavy atom. The zero-order chi connectivity index (χ0) is 23.6. The Morgan fingerprint density at radius 3 is 2.76 bits per heavy atom. The second kappa shape index (κ2) is 11.2. The Hall–Kier alpha value is -4.45. The van der Waals surface area contributed by atoms with Crippen LogP contribution in [0.2, 0.25) is 0 Å². The van der Waals surface area contributed by atoms with E-state index in [1.807, 2.05) is 24.3 Å². The van der Waals surface area contributed by atoms with Crippen molar-refractivity contribution in [1.82, 2.24) is 9.88 Å². The third-order valence-electron chi connectivity index (χ3n) is 4.82. The van der Waals surface area contributed by atoms with Gasteiger partial charge in [-0.2, -0.15) is 5.26 Å². The van der Waals surface area contributed by atoms with Gasteiger partial charge in [0.25, 0.3) is 5.91 Å². The molecule has 33 heavy (non-hydrogen) atoms. The molecular formula is C24H23N5O4. The summed E-state index contributed by atoms with van der Waals surface area (Å²) in [7, 11) is 1.54. The summed E-state index contributed by atoms with van der Waals surface area (Å²) in [6.07, 6.45) is 3.79. The van der Waals surface area contributed by atoms with E-state index in [0.29, 0.717) is 30.5 Å². The minimum atomic E-state index is -0.672. The molecule has 0 unspecified atom stereocenters. The van der Waals surface area contributed by atoms with Crippen LogP contribution in [0.5, 0.6) is 11.6 Å². The van der Waals surface area contributed by atoms with Crippen molar-refractivity contribution in [3.05, 3.63) is 60.2 Å². The number of aryl methyl sites for hydroxylation is 1. The maximum atomic E-state index is 12.1. The van der Waals surface area contributed by atoms with Crippen LogP contribution in [0, 0.1) is 11.3 Å². The first-order valence-corrected chi connectivity index (χ1v) is 10.3. The fourth-order valence-corrected chi connectivity index (χ4v) is 3.25. The van der Waals surface area contributed by atoms with Gasteiger partial charge in [0.05, 0.1) is 18.7 Å². The number of amides is 2. The number of ether oxygens (including phenoxy) is 1. The molecule has 3 aromatic rings. The molecule has 0 radical (unpaired) electrons. The van der Waals surface area contributed by atoms with E-state index in [4.69, 9.17) is 10.00 Å². The number of hydrogen-bond acceptors (Lipinski definition) is 6. The number of benzene rings is 2. The SMILES string of the molecule is COc1ccccc1/C=C/C(=O)NCC(=O)N=Nc1c(O)n(CCCC#N)c2ccccc12. The molecule has 9 nitrogen and oxygen atoms in total. The zero-order valence-corrected chi connectivity index (χ0v) is 18.1. The lowest BCUT2D eigenvalue weighted by Gasteiger charge is -2.04. The summed E-state index contributed by atoms with van der Waals surface area (Å²) >= 11 is 0. The van der Waals surface area contributed by atoms with Crippen LogP contribution in [0.4, 0.5) is 5.69 Å². The predicted molar refractivity (Wildman–Crippen MR) is 123 cm³/mol. The number of carbonyl (C=O) groups is 2. The molecule has 0 aliphatic carbocycles. The normalized spacial score (nSPS) is 11.2. The van der Waals surface area contributed by atoms with E-state index in [1.165, 1.54) is 13.2 Å². The van der Waals surface area contributed by atoms with Crippen molar-refractivity contribution < 1.29 is 19.4 Å². The molecule has 1 heterocycles. The summed E-state index contributed by atoms with van der Waals surface area (Å²) in [6.45, 7) is 0.0815. The van der Waals surface area contributed by atoms with E-state index in [0.717, 1.165) is 11.1 Å². The van der Waals surface area contributed by atoms with Gasteiger partial charge in [-0.1, -0.05) is 36.4 Å². The number of nitrogens with one attached hydrogen (secondary N) is 1. The number of aromatic hydroxyl groups is 1. The lowest BCUT2D eigenvalue weighted by molar-refractivity contribution is -0.122. The number of fused-ring (bicyclic) bond motifs is 1. The summed E-state index contributed by atoms with van der Waals surface area (Å²) in [6, 6.07) is 16.5.